The van der Waals surface area contributed by atoms with Crippen molar-refractivity contribution in [3.05, 3.63) is 25.1 Å². The van der Waals surface area contributed by atoms with Crippen LogP contribution in [0.15, 0.2) is 18.9 Å². The lowest BCUT2D eigenvalue weighted by atomic mass is 10.1. The largest absolute Gasteiger partial charge is 0.354 e. The van der Waals surface area contributed by atoms with Crippen LogP contribution < -0.4 is 0 Å². The number of hydrogen-bond acceptors (Lipinski definition) is 2. The molecule has 1 aliphatic heterocycles. The smallest absolute Gasteiger partial charge is 0.0908 e. The quantitative estimate of drug-likeness (QED) is 0.576. The summed E-state index contributed by atoms with van der Waals surface area (Å²) in [6.45, 7) is 12.1. The SMILES string of the molecule is C=CCN1C=[C]N(C(C)(C)C)C1. The summed E-state index contributed by atoms with van der Waals surface area (Å²) in [6, 6.07) is 0. The molecule has 1 aliphatic rings. The van der Waals surface area contributed by atoms with E-state index in [4.69, 9.17) is 0 Å². The molecule has 67 valence electrons. The van der Waals surface area contributed by atoms with E-state index in [0.29, 0.717) is 0 Å². The van der Waals surface area contributed by atoms with Gasteiger partial charge in [-0.3, -0.25) is 0 Å². The van der Waals surface area contributed by atoms with Crippen molar-refractivity contribution in [1.29, 1.82) is 0 Å². The van der Waals surface area contributed by atoms with Crippen LogP contribution in [0.25, 0.3) is 0 Å². The van der Waals surface area contributed by atoms with Gasteiger partial charge >= 0.3 is 0 Å². The van der Waals surface area contributed by atoms with E-state index in [0.717, 1.165) is 13.2 Å². The number of hydrogen-bond donors (Lipinski definition) is 0. The molecule has 0 saturated heterocycles. The Morgan fingerprint density at radius 3 is 2.67 bits per heavy atom. The number of nitrogens with zero attached hydrogens (tertiary/aromatic N) is 2. The highest BCUT2D eigenvalue weighted by Gasteiger charge is 2.22. The van der Waals surface area contributed by atoms with Crippen LogP contribution >= 0.6 is 0 Å². The monoisotopic (exact) mass is 165 g/mol. The molecular formula is C10H17N2. The minimum Gasteiger partial charge on any atom is -0.354 e. The summed E-state index contributed by atoms with van der Waals surface area (Å²) in [5.74, 6) is 0. The molecule has 0 bridgehead atoms. The Morgan fingerprint density at radius 1 is 1.58 bits per heavy atom. The lowest BCUT2D eigenvalue weighted by Gasteiger charge is -2.32. The van der Waals surface area contributed by atoms with Crippen molar-refractivity contribution in [2.45, 2.75) is 26.3 Å². The van der Waals surface area contributed by atoms with Crippen LogP contribution in [-0.4, -0.2) is 28.6 Å². The van der Waals surface area contributed by atoms with E-state index in [-0.39, 0.29) is 5.54 Å². The Morgan fingerprint density at radius 2 is 2.25 bits per heavy atom. The fraction of sp³-hybridized carbons (Fsp3) is 0.600. The molecule has 1 heterocycles. The minimum absolute atomic E-state index is 0.173. The summed E-state index contributed by atoms with van der Waals surface area (Å²) in [5, 5.41) is 0. The second-order valence-corrected chi connectivity index (χ2v) is 4.06. The molecule has 0 fully saturated rings. The van der Waals surface area contributed by atoms with Gasteiger partial charge in [-0.15, -0.1) is 6.58 Å². The zero-order chi connectivity index (χ0) is 9.19. The molecule has 0 aromatic heterocycles. The average molecular weight is 165 g/mol. The molecule has 2 heteroatoms. The van der Waals surface area contributed by atoms with Gasteiger partial charge in [-0.1, -0.05) is 6.08 Å². The van der Waals surface area contributed by atoms with Crippen molar-refractivity contribution >= 4 is 0 Å². The van der Waals surface area contributed by atoms with Gasteiger partial charge in [0, 0.05) is 18.3 Å². The van der Waals surface area contributed by atoms with Gasteiger partial charge < -0.3 is 9.80 Å². The van der Waals surface area contributed by atoms with E-state index < -0.39 is 0 Å². The summed E-state index contributed by atoms with van der Waals surface area (Å²) in [4.78, 5) is 4.37. The van der Waals surface area contributed by atoms with E-state index in [1.165, 1.54) is 0 Å². The fourth-order valence-corrected chi connectivity index (χ4v) is 1.10. The van der Waals surface area contributed by atoms with Crippen molar-refractivity contribution in [2.75, 3.05) is 13.2 Å². The molecule has 0 aromatic carbocycles. The minimum atomic E-state index is 0.173. The van der Waals surface area contributed by atoms with Gasteiger partial charge in [0.1, 0.15) is 0 Å². The normalized spacial score (nSPS) is 17.2. The molecule has 0 aliphatic carbocycles. The molecule has 1 rings (SSSR count). The van der Waals surface area contributed by atoms with Gasteiger partial charge in [0.25, 0.3) is 0 Å². The Labute approximate surface area is 75.2 Å². The molecule has 0 N–H and O–H groups in total. The van der Waals surface area contributed by atoms with Crippen LogP contribution in [0, 0.1) is 6.20 Å². The molecule has 12 heavy (non-hydrogen) atoms. The van der Waals surface area contributed by atoms with Gasteiger partial charge in [-0.05, 0) is 20.8 Å². The Hall–Kier alpha value is -0.920. The summed E-state index contributed by atoms with van der Waals surface area (Å²) in [7, 11) is 0. The Balaban J connectivity index is 2.47. The maximum Gasteiger partial charge on any atom is 0.0908 e. The Kier molecular flexibility index (Phi) is 2.46. The number of rotatable bonds is 2. The highest BCUT2D eigenvalue weighted by molar-refractivity contribution is 4.93. The summed E-state index contributed by atoms with van der Waals surface area (Å²) in [5.41, 5.74) is 0.173. The zero-order valence-corrected chi connectivity index (χ0v) is 8.17. The predicted molar refractivity (Wildman–Crippen MR) is 51.2 cm³/mol. The lowest BCUT2D eigenvalue weighted by molar-refractivity contribution is 0.160. The topological polar surface area (TPSA) is 6.48 Å². The van der Waals surface area contributed by atoms with Crippen molar-refractivity contribution in [1.82, 2.24) is 9.80 Å². The highest BCUT2D eigenvalue weighted by Crippen LogP contribution is 2.17. The van der Waals surface area contributed by atoms with E-state index in [9.17, 15) is 0 Å². The third kappa shape index (κ3) is 2.03. The summed E-state index contributed by atoms with van der Waals surface area (Å²) >= 11 is 0. The van der Waals surface area contributed by atoms with Crippen molar-refractivity contribution in [2.24, 2.45) is 0 Å². The third-order valence-corrected chi connectivity index (χ3v) is 1.89. The molecule has 0 atom stereocenters. The van der Waals surface area contributed by atoms with Crippen molar-refractivity contribution in [3.8, 4) is 0 Å². The van der Waals surface area contributed by atoms with Gasteiger partial charge in [-0.2, -0.15) is 0 Å². The standard InChI is InChI=1S/C10H17N2/c1-5-6-11-7-8-12(9-11)10(2,3)4/h5,7H,1,6,9H2,2-4H3. The molecule has 0 spiro atoms. The molecule has 0 aromatic rings. The van der Waals surface area contributed by atoms with Gasteiger partial charge in [0.2, 0.25) is 0 Å². The van der Waals surface area contributed by atoms with Gasteiger partial charge in [0.05, 0.1) is 12.9 Å². The first-order valence-corrected chi connectivity index (χ1v) is 4.26. The second kappa shape index (κ2) is 3.21. The molecule has 1 radical (unpaired) electrons. The first-order chi connectivity index (χ1) is 5.54. The highest BCUT2D eigenvalue weighted by atomic mass is 15.4. The van der Waals surface area contributed by atoms with Crippen LogP contribution in [0.2, 0.25) is 0 Å². The van der Waals surface area contributed by atoms with Gasteiger partial charge in [0.15, 0.2) is 0 Å². The third-order valence-electron chi connectivity index (χ3n) is 1.89. The van der Waals surface area contributed by atoms with E-state index in [1.54, 1.807) is 0 Å². The van der Waals surface area contributed by atoms with E-state index >= 15 is 0 Å². The van der Waals surface area contributed by atoms with Crippen LogP contribution in [0.3, 0.4) is 0 Å². The van der Waals surface area contributed by atoms with E-state index in [2.05, 4.69) is 43.3 Å². The molecular weight excluding hydrogens is 148 g/mol. The lowest BCUT2D eigenvalue weighted by Crippen LogP contribution is -2.39. The second-order valence-electron chi connectivity index (χ2n) is 4.06. The van der Waals surface area contributed by atoms with Crippen molar-refractivity contribution < 1.29 is 0 Å². The maximum atomic E-state index is 3.70. The molecule has 0 unspecified atom stereocenters. The maximum absolute atomic E-state index is 3.70. The average Bonchev–Trinajstić information content (AvgIpc) is 2.35. The van der Waals surface area contributed by atoms with Crippen LogP contribution in [0.1, 0.15) is 20.8 Å². The molecule has 0 saturated carbocycles. The van der Waals surface area contributed by atoms with Gasteiger partial charge in [-0.25, -0.2) is 0 Å². The van der Waals surface area contributed by atoms with E-state index in [1.807, 2.05) is 12.3 Å². The summed E-state index contributed by atoms with van der Waals surface area (Å²) in [6.07, 6.45) is 7.12. The first-order valence-electron chi connectivity index (χ1n) is 4.26. The predicted octanol–water partition coefficient (Wildman–Crippen LogP) is 1.82. The van der Waals surface area contributed by atoms with Crippen LogP contribution in [0.5, 0.6) is 0 Å². The summed E-state index contributed by atoms with van der Waals surface area (Å²) < 4.78 is 0. The first kappa shape index (κ1) is 9.17. The zero-order valence-electron chi connectivity index (χ0n) is 8.17. The van der Waals surface area contributed by atoms with Crippen molar-refractivity contribution in [3.63, 3.8) is 0 Å². The Bertz CT molecular complexity index is 189. The molecule has 2 nitrogen and oxygen atoms in total. The van der Waals surface area contributed by atoms with Crippen LogP contribution in [0.4, 0.5) is 0 Å². The van der Waals surface area contributed by atoms with Crippen LogP contribution in [-0.2, 0) is 0 Å². The molecule has 0 amide bonds. The fourth-order valence-electron chi connectivity index (χ4n) is 1.10.